The summed E-state index contributed by atoms with van der Waals surface area (Å²) >= 11 is 0. The smallest absolute Gasteiger partial charge is 0.131 e. The van der Waals surface area contributed by atoms with Crippen molar-refractivity contribution in [2.75, 3.05) is 14.2 Å². The van der Waals surface area contributed by atoms with Crippen LogP contribution in [0.5, 0.6) is 5.75 Å². The van der Waals surface area contributed by atoms with Crippen molar-refractivity contribution in [3.8, 4) is 16.9 Å². The highest BCUT2D eigenvalue weighted by atomic mass is 19.1. The van der Waals surface area contributed by atoms with Crippen LogP contribution in [0.1, 0.15) is 30.1 Å². The minimum absolute atomic E-state index is 0.0181. The Hall–Kier alpha value is -2.13. The van der Waals surface area contributed by atoms with Crippen LogP contribution in [0.4, 0.5) is 4.39 Å². The third kappa shape index (κ3) is 3.15. The van der Waals surface area contributed by atoms with E-state index in [1.807, 2.05) is 18.2 Å². The van der Waals surface area contributed by atoms with Gasteiger partial charge < -0.3 is 9.47 Å². The van der Waals surface area contributed by atoms with Crippen molar-refractivity contribution in [1.82, 2.24) is 0 Å². The van der Waals surface area contributed by atoms with Gasteiger partial charge in [0.25, 0.3) is 0 Å². The first kappa shape index (κ1) is 15.8. The molecule has 0 bridgehead atoms. The lowest BCUT2D eigenvalue weighted by molar-refractivity contribution is 0.0850. The molecule has 1 aliphatic carbocycles. The predicted molar refractivity (Wildman–Crippen MR) is 91.0 cm³/mol. The first-order valence-electron chi connectivity index (χ1n) is 7.81. The second-order valence-corrected chi connectivity index (χ2v) is 5.89. The molecule has 2 aromatic carbocycles. The first-order chi connectivity index (χ1) is 11.2. The van der Waals surface area contributed by atoms with Gasteiger partial charge in [-0.3, -0.25) is 0 Å². The second kappa shape index (κ2) is 6.55. The summed E-state index contributed by atoms with van der Waals surface area (Å²) in [5.41, 5.74) is 3.41. The molecule has 0 aromatic heterocycles. The fourth-order valence-corrected chi connectivity index (χ4v) is 3.00. The molecule has 0 amide bonds. The van der Waals surface area contributed by atoms with Gasteiger partial charge in [-0.25, -0.2) is 4.39 Å². The van der Waals surface area contributed by atoms with Gasteiger partial charge in [-0.15, -0.1) is 0 Å². The van der Waals surface area contributed by atoms with Crippen LogP contribution in [0.15, 0.2) is 43.0 Å². The van der Waals surface area contributed by atoms with Crippen LogP contribution >= 0.6 is 0 Å². The molecule has 1 unspecified atom stereocenters. The van der Waals surface area contributed by atoms with Crippen molar-refractivity contribution in [3.05, 3.63) is 59.9 Å². The first-order valence-corrected chi connectivity index (χ1v) is 7.81. The lowest BCUT2D eigenvalue weighted by Crippen LogP contribution is -2.06. The number of rotatable bonds is 6. The Morgan fingerprint density at radius 2 is 1.91 bits per heavy atom. The molecule has 1 saturated carbocycles. The Kier molecular flexibility index (Phi) is 4.49. The molecule has 0 heterocycles. The van der Waals surface area contributed by atoms with Crippen molar-refractivity contribution in [1.29, 1.82) is 0 Å². The van der Waals surface area contributed by atoms with Crippen LogP contribution in [0.3, 0.4) is 0 Å². The fraction of sp³-hybridized carbons (Fsp3) is 0.300. The SMILES string of the molecule is C=Cc1ccc(-c2cc(OC)ccc2F)c(C(OC)C2CC2)c1. The normalized spacial score (nSPS) is 15.3. The lowest BCUT2D eigenvalue weighted by atomic mass is 9.92. The van der Waals surface area contributed by atoms with E-state index in [1.165, 1.54) is 6.07 Å². The Balaban J connectivity index is 2.16. The zero-order valence-electron chi connectivity index (χ0n) is 13.5. The summed E-state index contributed by atoms with van der Waals surface area (Å²) in [4.78, 5) is 0. The number of hydrogen-bond acceptors (Lipinski definition) is 2. The van der Waals surface area contributed by atoms with Crippen LogP contribution in [-0.4, -0.2) is 14.2 Å². The molecule has 1 fully saturated rings. The topological polar surface area (TPSA) is 18.5 Å². The van der Waals surface area contributed by atoms with E-state index in [-0.39, 0.29) is 11.9 Å². The van der Waals surface area contributed by atoms with E-state index in [0.29, 0.717) is 17.2 Å². The molecule has 120 valence electrons. The van der Waals surface area contributed by atoms with Crippen molar-refractivity contribution >= 4 is 6.08 Å². The van der Waals surface area contributed by atoms with E-state index in [0.717, 1.165) is 29.5 Å². The summed E-state index contributed by atoms with van der Waals surface area (Å²) < 4.78 is 25.4. The molecular weight excluding hydrogens is 291 g/mol. The lowest BCUT2D eigenvalue weighted by Gasteiger charge is -2.20. The third-order valence-electron chi connectivity index (χ3n) is 4.39. The molecule has 0 N–H and O–H groups in total. The molecule has 3 rings (SSSR count). The van der Waals surface area contributed by atoms with E-state index in [9.17, 15) is 4.39 Å². The van der Waals surface area contributed by atoms with Gasteiger partial charge >= 0.3 is 0 Å². The van der Waals surface area contributed by atoms with E-state index in [2.05, 4.69) is 6.58 Å². The maximum absolute atomic E-state index is 14.4. The minimum Gasteiger partial charge on any atom is -0.497 e. The number of ether oxygens (including phenoxy) is 2. The van der Waals surface area contributed by atoms with Crippen molar-refractivity contribution < 1.29 is 13.9 Å². The molecule has 23 heavy (non-hydrogen) atoms. The van der Waals surface area contributed by atoms with E-state index in [4.69, 9.17) is 9.47 Å². The second-order valence-electron chi connectivity index (χ2n) is 5.89. The molecule has 1 atom stereocenters. The highest BCUT2D eigenvalue weighted by molar-refractivity contribution is 5.72. The van der Waals surface area contributed by atoms with Crippen LogP contribution in [0.25, 0.3) is 17.2 Å². The highest BCUT2D eigenvalue weighted by Gasteiger charge is 2.34. The highest BCUT2D eigenvalue weighted by Crippen LogP contribution is 2.46. The van der Waals surface area contributed by atoms with Crippen molar-refractivity contribution in [2.45, 2.75) is 18.9 Å². The van der Waals surface area contributed by atoms with Gasteiger partial charge in [-0.2, -0.15) is 0 Å². The van der Waals surface area contributed by atoms with Gasteiger partial charge in [0.05, 0.1) is 13.2 Å². The zero-order chi connectivity index (χ0) is 16.4. The largest absolute Gasteiger partial charge is 0.497 e. The minimum atomic E-state index is -0.260. The van der Waals surface area contributed by atoms with Crippen LogP contribution in [-0.2, 0) is 4.74 Å². The summed E-state index contributed by atoms with van der Waals surface area (Å²) in [6.07, 6.45) is 4.08. The summed E-state index contributed by atoms with van der Waals surface area (Å²) in [5, 5.41) is 0. The molecular formula is C20H21FO2. The van der Waals surface area contributed by atoms with Crippen LogP contribution in [0.2, 0.25) is 0 Å². The van der Waals surface area contributed by atoms with Gasteiger partial charge in [0.15, 0.2) is 0 Å². The van der Waals surface area contributed by atoms with Gasteiger partial charge in [0.2, 0.25) is 0 Å². The summed E-state index contributed by atoms with van der Waals surface area (Å²) in [5.74, 6) is 0.886. The molecule has 2 aromatic rings. The predicted octanol–water partition coefficient (Wildman–Crippen LogP) is 5.24. The number of methoxy groups -OCH3 is 2. The molecule has 0 radical (unpaired) electrons. The number of benzene rings is 2. The Morgan fingerprint density at radius 1 is 1.13 bits per heavy atom. The number of halogens is 1. The average molecular weight is 312 g/mol. The van der Waals surface area contributed by atoms with Gasteiger partial charge in [-0.1, -0.05) is 24.8 Å². The standard InChI is InChI=1S/C20H21FO2/c1-4-13-5-9-16(17-12-15(22-2)8-10-19(17)21)18(11-13)20(23-3)14-6-7-14/h4-5,8-12,14,20H,1,6-7H2,2-3H3. The van der Waals surface area contributed by atoms with Gasteiger partial charge in [-0.05, 0) is 59.7 Å². The average Bonchev–Trinajstić information content (AvgIpc) is 3.41. The van der Waals surface area contributed by atoms with Crippen LogP contribution < -0.4 is 4.74 Å². The maximum Gasteiger partial charge on any atom is 0.131 e. The molecule has 2 nitrogen and oxygen atoms in total. The summed E-state index contributed by atoms with van der Waals surface area (Å²) in [7, 11) is 3.30. The van der Waals surface area contributed by atoms with Gasteiger partial charge in [0.1, 0.15) is 11.6 Å². The third-order valence-corrected chi connectivity index (χ3v) is 4.39. The van der Waals surface area contributed by atoms with E-state index < -0.39 is 0 Å². The molecule has 1 aliphatic rings. The Morgan fingerprint density at radius 3 is 2.52 bits per heavy atom. The maximum atomic E-state index is 14.4. The van der Waals surface area contributed by atoms with Crippen molar-refractivity contribution in [3.63, 3.8) is 0 Å². The Labute approximate surface area is 136 Å². The monoisotopic (exact) mass is 312 g/mol. The number of hydrogen-bond donors (Lipinski definition) is 0. The molecule has 0 saturated heterocycles. The van der Waals surface area contributed by atoms with E-state index in [1.54, 1.807) is 32.4 Å². The van der Waals surface area contributed by atoms with E-state index >= 15 is 0 Å². The van der Waals surface area contributed by atoms with Crippen LogP contribution in [0, 0.1) is 11.7 Å². The summed E-state index contributed by atoms with van der Waals surface area (Å²) in [6, 6.07) is 10.8. The molecule has 0 aliphatic heterocycles. The van der Waals surface area contributed by atoms with Gasteiger partial charge in [0, 0.05) is 12.7 Å². The quantitative estimate of drug-likeness (QED) is 0.726. The molecule has 0 spiro atoms. The Bertz CT molecular complexity index is 720. The van der Waals surface area contributed by atoms with Crippen molar-refractivity contribution in [2.24, 2.45) is 5.92 Å². The fourth-order valence-electron chi connectivity index (χ4n) is 3.00. The summed E-state index contributed by atoms with van der Waals surface area (Å²) in [6.45, 7) is 3.83. The molecule has 3 heteroatoms. The zero-order valence-corrected chi connectivity index (χ0v) is 13.5.